The molecular weight excluding hydrogens is 128 g/mol. The highest BCUT2D eigenvalue weighted by molar-refractivity contribution is 4.87. The maximum Gasteiger partial charge on any atom is 0.145 e. The van der Waals surface area contributed by atoms with Gasteiger partial charge in [-0.2, -0.15) is 0 Å². The van der Waals surface area contributed by atoms with Crippen molar-refractivity contribution >= 4 is 0 Å². The number of rotatable bonds is 3. The molecule has 0 aromatic heterocycles. The number of hydrogen-bond acceptors (Lipinski definition) is 2. The minimum atomic E-state index is -0.311. The van der Waals surface area contributed by atoms with Crippen molar-refractivity contribution in [2.75, 3.05) is 0 Å². The van der Waals surface area contributed by atoms with Gasteiger partial charge in [0, 0.05) is 13.3 Å². The number of nitrogens with two attached hydrogens (primary N) is 1. The lowest BCUT2D eigenvalue weighted by Crippen LogP contribution is -2.76. The van der Waals surface area contributed by atoms with Crippen molar-refractivity contribution in [3.63, 3.8) is 0 Å². The monoisotopic (exact) mass is 145 g/mol. The Labute approximate surface area is 61.7 Å². The summed E-state index contributed by atoms with van der Waals surface area (Å²) in [6.45, 7) is 4.06. The largest absolute Gasteiger partial charge is 0.369 e. The summed E-state index contributed by atoms with van der Waals surface area (Å²) < 4.78 is 5.32. The summed E-state index contributed by atoms with van der Waals surface area (Å²) >= 11 is 0. The molecule has 1 saturated heterocycles. The highest BCUT2D eigenvalue weighted by Crippen LogP contribution is 2.29. The summed E-state index contributed by atoms with van der Waals surface area (Å²) in [5, 5.41) is 0. The van der Waals surface area contributed by atoms with Crippen LogP contribution in [0.4, 0.5) is 0 Å². The van der Waals surface area contributed by atoms with Crippen molar-refractivity contribution in [1.82, 2.24) is 0 Å². The van der Waals surface area contributed by atoms with E-state index in [1.807, 2.05) is 6.92 Å². The fourth-order valence-corrected chi connectivity index (χ4v) is 1.18. The van der Waals surface area contributed by atoms with Crippen molar-refractivity contribution < 1.29 is 10.5 Å². The third-order valence-electron chi connectivity index (χ3n) is 1.76. The van der Waals surface area contributed by atoms with Gasteiger partial charge in [0.25, 0.3) is 0 Å². The number of ether oxygens (including phenoxy) is 1. The first-order valence-electron chi connectivity index (χ1n) is 3.82. The molecule has 2 unspecified atom stereocenters. The van der Waals surface area contributed by atoms with Gasteiger partial charge in [0.1, 0.15) is 5.66 Å². The Bertz CT molecular complexity index is 119. The van der Waals surface area contributed by atoms with Gasteiger partial charge in [-0.15, -0.1) is 0 Å². The van der Waals surface area contributed by atoms with Crippen LogP contribution in [-0.4, -0.2) is 17.9 Å². The van der Waals surface area contributed by atoms with E-state index in [0.29, 0.717) is 12.2 Å². The fourth-order valence-electron chi connectivity index (χ4n) is 1.18. The van der Waals surface area contributed by atoms with E-state index < -0.39 is 0 Å². The van der Waals surface area contributed by atoms with Crippen LogP contribution < -0.4 is 11.5 Å². The number of epoxide rings is 1. The SMILES string of the molecule is CCC1O[C@H]1CC(C)(N)[NH3+]. The third kappa shape index (κ3) is 2.25. The second-order valence-electron chi connectivity index (χ2n) is 3.48. The van der Waals surface area contributed by atoms with Crippen molar-refractivity contribution in [3.8, 4) is 0 Å². The smallest absolute Gasteiger partial charge is 0.145 e. The Kier molecular flexibility index (Phi) is 1.99. The number of quaternary nitrogens is 1. The molecule has 0 radical (unpaired) electrons. The molecule has 3 atom stereocenters. The topological polar surface area (TPSA) is 66.2 Å². The molecule has 3 heteroatoms. The zero-order valence-corrected chi connectivity index (χ0v) is 6.76. The van der Waals surface area contributed by atoms with E-state index >= 15 is 0 Å². The van der Waals surface area contributed by atoms with Crippen molar-refractivity contribution in [1.29, 1.82) is 0 Å². The molecule has 0 saturated carbocycles. The van der Waals surface area contributed by atoms with Crippen LogP contribution in [0.1, 0.15) is 26.7 Å². The Balaban J connectivity index is 2.18. The number of hydrogen-bond donors (Lipinski definition) is 2. The van der Waals surface area contributed by atoms with E-state index in [1.54, 1.807) is 0 Å². The van der Waals surface area contributed by atoms with Crippen LogP contribution in [0.25, 0.3) is 0 Å². The minimum absolute atomic E-state index is 0.311. The molecule has 1 fully saturated rings. The van der Waals surface area contributed by atoms with E-state index in [1.165, 1.54) is 0 Å². The van der Waals surface area contributed by atoms with Crippen LogP contribution in [-0.2, 0) is 4.74 Å². The quantitative estimate of drug-likeness (QED) is 0.414. The summed E-state index contributed by atoms with van der Waals surface area (Å²) in [5.74, 6) is 0. The molecule has 1 aliphatic heterocycles. The van der Waals surface area contributed by atoms with Crippen LogP contribution in [0.5, 0.6) is 0 Å². The van der Waals surface area contributed by atoms with Gasteiger partial charge in [0.15, 0.2) is 0 Å². The summed E-state index contributed by atoms with van der Waals surface area (Å²) in [6.07, 6.45) is 2.83. The minimum Gasteiger partial charge on any atom is -0.369 e. The van der Waals surface area contributed by atoms with Crippen molar-refractivity contribution in [2.24, 2.45) is 5.73 Å². The van der Waals surface area contributed by atoms with Gasteiger partial charge in [-0.1, -0.05) is 6.92 Å². The third-order valence-corrected chi connectivity index (χ3v) is 1.76. The zero-order chi connectivity index (χ0) is 7.78. The highest BCUT2D eigenvalue weighted by Gasteiger charge is 2.41. The lowest BCUT2D eigenvalue weighted by Gasteiger charge is -2.11. The molecule has 0 aromatic rings. The summed E-state index contributed by atoms with van der Waals surface area (Å²) in [4.78, 5) is 0. The Morgan fingerprint density at radius 2 is 2.20 bits per heavy atom. The standard InChI is InChI=1S/C7H16N2O/c1-3-5-6(10-5)4-7(2,8)9/h5-6H,3-4,8-9H2,1-2H3/p+1/t5?,6-/m0/s1. The average Bonchev–Trinajstić information content (AvgIpc) is 2.42. The van der Waals surface area contributed by atoms with Crippen LogP contribution >= 0.6 is 0 Å². The Hall–Kier alpha value is -0.120. The first kappa shape index (κ1) is 7.98. The van der Waals surface area contributed by atoms with Crippen molar-refractivity contribution in [3.05, 3.63) is 0 Å². The first-order valence-corrected chi connectivity index (χ1v) is 3.82. The van der Waals surface area contributed by atoms with Crippen LogP contribution in [0.2, 0.25) is 0 Å². The van der Waals surface area contributed by atoms with E-state index in [9.17, 15) is 0 Å². The maximum absolute atomic E-state index is 5.70. The van der Waals surface area contributed by atoms with Gasteiger partial charge in [-0.25, -0.2) is 0 Å². The summed E-state index contributed by atoms with van der Waals surface area (Å²) in [5.41, 5.74) is 9.21. The summed E-state index contributed by atoms with van der Waals surface area (Å²) in [7, 11) is 0. The molecule has 1 heterocycles. The molecule has 1 aliphatic rings. The lowest BCUT2D eigenvalue weighted by atomic mass is 10.1. The molecule has 0 bridgehead atoms. The molecule has 0 spiro atoms. The lowest BCUT2D eigenvalue weighted by molar-refractivity contribution is -0.472. The van der Waals surface area contributed by atoms with Gasteiger partial charge < -0.3 is 10.5 Å². The van der Waals surface area contributed by atoms with Crippen LogP contribution in [0.3, 0.4) is 0 Å². The molecule has 5 N–H and O–H groups in total. The second kappa shape index (κ2) is 2.49. The Morgan fingerprint density at radius 3 is 2.50 bits per heavy atom. The molecular formula is C7H17N2O+. The van der Waals surface area contributed by atoms with Gasteiger partial charge in [-0.3, -0.25) is 5.73 Å². The molecule has 10 heavy (non-hydrogen) atoms. The predicted octanol–water partition coefficient (Wildman–Crippen LogP) is -0.529. The molecule has 60 valence electrons. The first-order chi connectivity index (χ1) is 4.53. The average molecular weight is 145 g/mol. The normalized spacial score (nSPS) is 37.2. The van der Waals surface area contributed by atoms with E-state index in [-0.39, 0.29) is 5.66 Å². The molecule has 3 nitrogen and oxygen atoms in total. The molecule has 0 aromatic carbocycles. The van der Waals surface area contributed by atoms with Crippen LogP contribution in [0.15, 0.2) is 0 Å². The van der Waals surface area contributed by atoms with Gasteiger partial charge >= 0.3 is 0 Å². The second-order valence-corrected chi connectivity index (χ2v) is 3.48. The highest BCUT2D eigenvalue weighted by atomic mass is 16.6. The van der Waals surface area contributed by atoms with E-state index in [2.05, 4.69) is 12.7 Å². The van der Waals surface area contributed by atoms with Gasteiger partial charge in [0.05, 0.1) is 12.2 Å². The van der Waals surface area contributed by atoms with E-state index in [4.69, 9.17) is 10.5 Å². The fraction of sp³-hybridized carbons (Fsp3) is 1.00. The van der Waals surface area contributed by atoms with E-state index in [0.717, 1.165) is 12.8 Å². The van der Waals surface area contributed by atoms with Crippen molar-refractivity contribution in [2.45, 2.75) is 44.6 Å². The maximum atomic E-state index is 5.70. The van der Waals surface area contributed by atoms with Gasteiger partial charge in [-0.05, 0) is 6.42 Å². The van der Waals surface area contributed by atoms with Gasteiger partial charge in [0.2, 0.25) is 0 Å². The van der Waals surface area contributed by atoms with Crippen LogP contribution in [0, 0.1) is 0 Å². The molecule has 0 amide bonds. The summed E-state index contributed by atoms with van der Waals surface area (Å²) in [6, 6.07) is 0. The Morgan fingerprint density at radius 1 is 1.60 bits per heavy atom. The molecule has 0 aliphatic carbocycles. The predicted molar refractivity (Wildman–Crippen MR) is 39.0 cm³/mol. The molecule has 1 rings (SSSR count). The zero-order valence-electron chi connectivity index (χ0n) is 6.76.